The van der Waals surface area contributed by atoms with Gasteiger partial charge in [0.15, 0.2) is 5.76 Å². The number of nitrogens with two attached hydrogens (primary N) is 1. The lowest BCUT2D eigenvalue weighted by molar-refractivity contribution is -0.126. The molecule has 1 aromatic heterocycles. The molecule has 156 valence electrons. The highest BCUT2D eigenvalue weighted by Crippen LogP contribution is 2.22. The number of nitrogens with zero attached hydrogens (tertiary/aromatic N) is 1. The van der Waals surface area contributed by atoms with Gasteiger partial charge < -0.3 is 25.1 Å². The molecule has 7 heteroatoms. The average Bonchev–Trinajstić information content (AvgIpc) is 3.20. The second-order valence-corrected chi connectivity index (χ2v) is 7.49. The quantitative estimate of drug-likeness (QED) is 0.745. The third-order valence-corrected chi connectivity index (χ3v) is 5.10. The SMILES string of the molecule is Cc1ccc(OCc2ccc(C(=O)N3CCCC(C(=O)NCCN)C3)o2)c(C)c1. The number of likely N-dealkylation sites (tertiary alicyclic amines) is 1. The fraction of sp³-hybridized carbons (Fsp3) is 0.455. The molecule has 3 rings (SSSR count). The number of benzene rings is 1. The molecule has 2 heterocycles. The van der Waals surface area contributed by atoms with E-state index < -0.39 is 0 Å². The fourth-order valence-corrected chi connectivity index (χ4v) is 3.55. The van der Waals surface area contributed by atoms with Crippen molar-refractivity contribution in [2.75, 3.05) is 26.2 Å². The van der Waals surface area contributed by atoms with Gasteiger partial charge in [-0.3, -0.25) is 9.59 Å². The molecular weight excluding hydrogens is 370 g/mol. The predicted molar refractivity (Wildman–Crippen MR) is 110 cm³/mol. The lowest BCUT2D eigenvalue weighted by Gasteiger charge is -2.31. The van der Waals surface area contributed by atoms with E-state index in [4.69, 9.17) is 14.9 Å². The standard InChI is InChI=1S/C22H29N3O4/c1-15-5-7-19(16(2)12-15)28-14-18-6-8-20(29-18)22(27)25-11-3-4-17(13-25)21(26)24-10-9-23/h5-8,12,17H,3-4,9-11,13-14,23H2,1-2H3,(H,24,26). The van der Waals surface area contributed by atoms with E-state index in [1.807, 2.05) is 26.0 Å². The summed E-state index contributed by atoms with van der Waals surface area (Å²) in [6, 6.07) is 9.41. The molecule has 1 saturated heterocycles. The van der Waals surface area contributed by atoms with Gasteiger partial charge in [-0.1, -0.05) is 17.7 Å². The lowest BCUT2D eigenvalue weighted by Crippen LogP contribution is -2.46. The largest absolute Gasteiger partial charge is 0.485 e. The van der Waals surface area contributed by atoms with Crippen LogP contribution in [-0.2, 0) is 11.4 Å². The monoisotopic (exact) mass is 399 g/mol. The van der Waals surface area contributed by atoms with E-state index in [9.17, 15) is 9.59 Å². The molecular formula is C22H29N3O4. The van der Waals surface area contributed by atoms with Crippen LogP contribution in [0, 0.1) is 19.8 Å². The molecule has 1 fully saturated rings. The maximum atomic E-state index is 12.8. The van der Waals surface area contributed by atoms with Crippen molar-refractivity contribution >= 4 is 11.8 Å². The van der Waals surface area contributed by atoms with Crippen LogP contribution in [0.15, 0.2) is 34.7 Å². The van der Waals surface area contributed by atoms with E-state index in [1.165, 1.54) is 5.56 Å². The Morgan fingerprint density at radius 1 is 1.28 bits per heavy atom. The number of amides is 2. The first-order valence-electron chi connectivity index (χ1n) is 10.0. The van der Waals surface area contributed by atoms with Gasteiger partial charge in [0, 0.05) is 26.2 Å². The van der Waals surface area contributed by atoms with E-state index >= 15 is 0 Å². The summed E-state index contributed by atoms with van der Waals surface area (Å²) in [7, 11) is 0. The smallest absolute Gasteiger partial charge is 0.289 e. The Labute approximate surface area is 171 Å². The van der Waals surface area contributed by atoms with E-state index in [0.717, 1.165) is 24.2 Å². The van der Waals surface area contributed by atoms with Crippen molar-refractivity contribution in [1.29, 1.82) is 0 Å². The number of rotatable bonds is 7. The normalized spacial score (nSPS) is 16.5. The molecule has 1 atom stereocenters. The topological polar surface area (TPSA) is 97.8 Å². The van der Waals surface area contributed by atoms with Gasteiger partial charge in [-0.25, -0.2) is 0 Å². The summed E-state index contributed by atoms with van der Waals surface area (Å²) in [6.45, 7) is 6.15. The van der Waals surface area contributed by atoms with Gasteiger partial charge in [-0.15, -0.1) is 0 Å². The van der Waals surface area contributed by atoms with Gasteiger partial charge in [0.1, 0.15) is 18.1 Å². The summed E-state index contributed by atoms with van der Waals surface area (Å²) in [5.41, 5.74) is 7.67. The van der Waals surface area contributed by atoms with Crippen LogP contribution in [0.1, 0.15) is 40.3 Å². The first kappa shape index (κ1) is 20.9. The minimum absolute atomic E-state index is 0.0463. The van der Waals surface area contributed by atoms with Crippen molar-refractivity contribution in [3.8, 4) is 5.75 Å². The number of carbonyl (C=O) groups is 2. The van der Waals surface area contributed by atoms with Crippen molar-refractivity contribution in [2.45, 2.75) is 33.3 Å². The predicted octanol–water partition coefficient (Wildman–Crippen LogP) is 2.40. The molecule has 1 aromatic carbocycles. The lowest BCUT2D eigenvalue weighted by atomic mass is 9.97. The fourth-order valence-electron chi connectivity index (χ4n) is 3.55. The zero-order valence-electron chi connectivity index (χ0n) is 17.1. The highest BCUT2D eigenvalue weighted by Gasteiger charge is 2.30. The number of hydrogen-bond acceptors (Lipinski definition) is 5. The molecule has 0 radical (unpaired) electrons. The molecule has 1 unspecified atom stereocenters. The van der Waals surface area contributed by atoms with Crippen LogP contribution in [0.4, 0.5) is 0 Å². The molecule has 0 spiro atoms. The Bertz CT molecular complexity index is 861. The highest BCUT2D eigenvalue weighted by atomic mass is 16.5. The van der Waals surface area contributed by atoms with Crippen molar-refractivity contribution in [3.63, 3.8) is 0 Å². The molecule has 29 heavy (non-hydrogen) atoms. The van der Waals surface area contributed by atoms with Crippen LogP contribution >= 0.6 is 0 Å². The Morgan fingerprint density at radius 2 is 2.10 bits per heavy atom. The minimum atomic E-state index is -0.207. The van der Waals surface area contributed by atoms with Gasteiger partial charge >= 0.3 is 0 Å². The molecule has 3 N–H and O–H groups in total. The van der Waals surface area contributed by atoms with Gasteiger partial charge in [0.25, 0.3) is 5.91 Å². The van der Waals surface area contributed by atoms with E-state index in [0.29, 0.717) is 31.9 Å². The second kappa shape index (κ2) is 9.60. The van der Waals surface area contributed by atoms with Gasteiger partial charge in [-0.05, 0) is 50.5 Å². The zero-order valence-corrected chi connectivity index (χ0v) is 17.1. The first-order chi connectivity index (χ1) is 14.0. The summed E-state index contributed by atoms with van der Waals surface area (Å²) in [4.78, 5) is 26.7. The Hall–Kier alpha value is -2.80. The molecule has 0 aliphatic carbocycles. The highest BCUT2D eigenvalue weighted by molar-refractivity contribution is 5.92. The summed E-state index contributed by atoms with van der Waals surface area (Å²) >= 11 is 0. The zero-order chi connectivity index (χ0) is 20.8. The average molecular weight is 399 g/mol. The van der Waals surface area contributed by atoms with Crippen molar-refractivity contribution in [1.82, 2.24) is 10.2 Å². The van der Waals surface area contributed by atoms with E-state index in [1.54, 1.807) is 17.0 Å². The third kappa shape index (κ3) is 5.38. The molecule has 1 aliphatic rings. The van der Waals surface area contributed by atoms with Crippen LogP contribution in [0.25, 0.3) is 0 Å². The van der Waals surface area contributed by atoms with Crippen LogP contribution in [0.5, 0.6) is 5.75 Å². The van der Waals surface area contributed by atoms with Gasteiger partial charge in [-0.2, -0.15) is 0 Å². The molecule has 2 amide bonds. The maximum Gasteiger partial charge on any atom is 0.289 e. The number of furan rings is 1. The number of carbonyl (C=O) groups excluding carboxylic acids is 2. The van der Waals surface area contributed by atoms with E-state index in [-0.39, 0.29) is 30.1 Å². The van der Waals surface area contributed by atoms with Crippen LogP contribution < -0.4 is 15.8 Å². The maximum absolute atomic E-state index is 12.8. The number of piperidine rings is 1. The third-order valence-electron chi connectivity index (χ3n) is 5.10. The van der Waals surface area contributed by atoms with Crippen LogP contribution in [0.3, 0.4) is 0 Å². The summed E-state index contributed by atoms with van der Waals surface area (Å²) in [5, 5.41) is 2.80. The Morgan fingerprint density at radius 3 is 2.86 bits per heavy atom. The first-order valence-corrected chi connectivity index (χ1v) is 10.0. The second-order valence-electron chi connectivity index (χ2n) is 7.49. The molecule has 1 aliphatic heterocycles. The minimum Gasteiger partial charge on any atom is -0.485 e. The van der Waals surface area contributed by atoms with Crippen molar-refractivity contribution in [2.24, 2.45) is 11.7 Å². The summed E-state index contributed by atoms with van der Waals surface area (Å²) in [5.74, 6) is 1.20. The summed E-state index contributed by atoms with van der Waals surface area (Å²) < 4.78 is 11.5. The Kier molecular flexibility index (Phi) is 6.93. The molecule has 7 nitrogen and oxygen atoms in total. The number of nitrogens with one attached hydrogen (secondary N) is 1. The van der Waals surface area contributed by atoms with E-state index in [2.05, 4.69) is 11.4 Å². The molecule has 0 bridgehead atoms. The number of aryl methyl sites for hydroxylation is 2. The Balaban J connectivity index is 1.57. The number of ether oxygens (including phenoxy) is 1. The molecule has 2 aromatic rings. The van der Waals surface area contributed by atoms with Crippen LogP contribution in [0.2, 0.25) is 0 Å². The number of hydrogen-bond donors (Lipinski definition) is 2. The van der Waals surface area contributed by atoms with Gasteiger partial charge in [0.05, 0.1) is 5.92 Å². The molecule has 0 saturated carbocycles. The van der Waals surface area contributed by atoms with Gasteiger partial charge in [0.2, 0.25) is 5.91 Å². The van der Waals surface area contributed by atoms with Crippen molar-refractivity contribution < 1.29 is 18.7 Å². The van der Waals surface area contributed by atoms with Crippen LogP contribution in [-0.4, -0.2) is 42.9 Å². The van der Waals surface area contributed by atoms with Crippen molar-refractivity contribution in [3.05, 3.63) is 53.0 Å². The summed E-state index contributed by atoms with van der Waals surface area (Å²) in [6.07, 6.45) is 1.56.